The van der Waals surface area contributed by atoms with E-state index in [-0.39, 0.29) is 5.91 Å². The number of carbonyl (C=O) groups excluding carboxylic acids is 1. The van der Waals surface area contributed by atoms with Crippen molar-refractivity contribution in [3.63, 3.8) is 0 Å². The first-order valence-corrected chi connectivity index (χ1v) is 4.43. The second kappa shape index (κ2) is 3.79. The Morgan fingerprint density at radius 3 is 2.38 bits per heavy atom. The standard InChI is InChI=1S/C10H12ClNO/c1-10(11,9(13)12-2)8-6-4-3-5-7-8/h3-7H,1-2H3,(H,12,13). The molecule has 3 heteroatoms. The third kappa shape index (κ3) is 2.01. The second-order valence-corrected chi connectivity index (χ2v) is 3.70. The molecule has 0 radical (unpaired) electrons. The smallest absolute Gasteiger partial charge is 0.245 e. The number of carbonyl (C=O) groups is 1. The summed E-state index contributed by atoms with van der Waals surface area (Å²) in [6, 6.07) is 9.28. The van der Waals surface area contributed by atoms with Gasteiger partial charge in [-0.2, -0.15) is 0 Å². The van der Waals surface area contributed by atoms with Gasteiger partial charge in [0.25, 0.3) is 0 Å². The molecule has 1 atom stereocenters. The third-order valence-electron chi connectivity index (χ3n) is 1.97. The van der Waals surface area contributed by atoms with Crippen LogP contribution in [0.3, 0.4) is 0 Å². The average molecular weight is 198 g/mol. The molecular weight excluding hydrogens is 186 g/mol. The van der Waals surface area contributed by atoms with E-state index in [1.165, 1.54) is 0 Å². The topological polar surface area (TPSA) is 29.1 Å². The summed E-state index contributed by atoms with van der Waals surface area (Å²) in [7, 11) is 1.58. The predicted octanol–water partition coefficient (Wildman–Crippen LogP) is 1.89. The summed E-state index contributed by atoms with van der Waals surface area (Å²) in [6.45, 7) is 1.68. The van der Waals surface area contributed by atoms with Crippen molar-refractivity contribution < 1.29 is 4.79 Å². The fraction of sp³-hybridized carbons (Fsp3) is 0.300. The molecule has 0 bridgehead atoms. The van der Waals surface area contributed by atoms with E-state index in [9.17, 15) is 4.79 Å². The molecule has 0 aliphatic carbocycles. The van der Waals surface area contributed by atoms with Crippen LogP contribution in [0.1, 0.15) is 12.5 Å². The lowest BCUT2D eigenvalue weighted by Gasteiger charge is -2.20. The van der Waals surface area contributed by atoms with Crippen molar-refractivity contribution in [3.05, 3.63) is 35.9 Å². The number of rotatable bonds is 2. The van der Waals surface area contributed by atoms with Gasteiger partial charge >= 0.3 is 0 Å². The van der Waals surface area contributed by atoms with Crippen molar-refractivity contribution in [1.82, 2.24) is 5.32 Å². The highest BCUT2D eigenvalue weighted by molar-refractivity contribution is 6.34. The highest BCUT2D eigenvalue weighted by Crippen LogP contribution is 2.28. The normalized spacial score (nSPS) is 14.7. The molecule has 0 heterocycles. The second-order valence-electron chi connectivity index (χ2n) is 2.95. The highest BCUT2D eigenvalue weighted by Gasteiger charge is 2.31. The Labute approximate surface area is 82.9 Å². The molecule has 13 heavy (non-hydrogen) atoms. The van der Waals surface area contributed by atoms with Crippen LogP contribution in [0.15, 0.2) is 30.3 Å². The van der Waals surface area contributed by atoms with Crippen molar-refractivity contribution in [1.29, 1.82) is 0 Å². The molecule has 0 aliphatic rings. The third-order valence-corrected chi connectivity index (χ3v) is 2.36. The van der Waals surface area contributed by atoms with E-state index in [0.29, 0.717) is 0 Å². The van der Waals surface area contributed by atoms with Gasteiger partial charge in [-0.25, -0.2) is 0 Å². The average Bonchev–Trinajstić information content (AvgIpc) is 2.18. The van der Waals surface area contributed by atoms with Gasteiger partial charge in [0.05, 0.1) is 0 Å². The molecule has 2 nitrogen and oxygen atoms in total. The summed E-state index contributed by atoms with van der Waals surface area (Å²) in [5.74, 6) is -0.194. The number of hydrogen-bond donors (Lipinski definition) is 1. The zero-order valence-electron chi connectivity index (χ0n) is 7.67. The van der Waals surface area contributed by atoms with Crippen molar-refractivity contribution in [3.8, 4) is 0 Å². The maximum Gasteiger partial charge on any atom is 0.245 e. The number of likely N-dealkylation sites (N-methyl/N-ethyl adjacent to an activating group) is 1. The summed E-state index contributed by atoms with van der Waals surface area (Å²) in [6.07, 6.45) is 0. The largest absolute Gasteiger partial charge is 0.357 e. The van der Waals surface area contributed by atoms with Gasteiger partial charge in [0, 0.05) is 7.05 Å². The fourth-order valence-corrected chi connectivity index (χ4v) is 1.34. The summed E-state index contributed by atoms with van der Waals surface area (Å²) in [5, 5.41) is 2.53. The molecule has 1 amide bonds. The number of amides is 1. The summed E-state index contributed by atoms with van der Waals surface area (Å²) >= 11 is 6.10. The molecule has 1 unspecified atom stereocenters. The van der Waals surface area contributed by atoms with E-state index in [1.807, 2.05) is 30.3 Å². The van der Waals surface area contributed by atoms with Crippen LogP contribution >= 0.6 is 11.6 Å². The van der Waals surface area contributed by atoms with Crippen molar-refractivity contribution in [2.75, 3.05) is 7.05 Å². The van der Waals surface area contributed by atoms with E-state index in [2.05, 4.69) is 5.32 Å². The van der Waals surface area contributed by atoms with Crippen LogP contribution < -0.4 is 5.32 Å². The highest BCUT2D eigenvalue weighted by atomic mass is 35.5. The van der Waals surface area contributed by atoms with Crippen LogP contribution in [0.25, 0.3) is 0 Å². The molecule has 70 valence electrons. The van der Waals surface area contributed by atoms with Gasteiger partial charge in [-0.1, -0.05) is 30.3 Å². The minimum atomic E-state index is -0.976. The van der Waals surface area contributed by atoms with Gasteiger partial charge in [-0.3, -0.25) is 4.79 Å². The Bertz CT molecular complexity index is 295. The molecule has 1 rings (SSSR count). The lowest BCUT2D eigenvalue weighted by Crippen LogP contribution is -2.35. The number of alkyl halides is 1. The van der Waals surface area contributed by atoms with E-state index >= 15 is 0 Å². The number of nitrogens with one attached hydrogen (secondary N) is 1. The molecule has 0 saturated heterocycles. The zero-order chi connectivity index (χ0) is 9.90. The van der Waals surface area contributed by atoms with Crippen molar-refractivity contribution >= 4 is 17.5 Å². The SMILES string of the molecule is CNC(=O)C(C)(Cl)c1ccccc1. The first-order valence-electron chi connectivity index (χ1n) is 4.05. The van der Waals surface area contributed by atoms with E-state index < -0.39 is 4.87 Å². The quantitative estimate of drug-likeness (QED) is 0.721. The molecule has 0 spiro atoms. The molecule has 0 aliphatic heterocycles. The number of halogens is 1. The van der Waals surface area contributed by atoms with Crippen molar-refractivity contribution in [2.24, 2.45) is 0 Å². The molecule has 0 aromatic heterocycles. The van der Waals surface area contributed by atoms with Crippen LogP contribution in [0.2, 0.25) is 0 Å². The minimum absolute atomic E-state index is 0.194. The van der Waals surface area contributed by atoms with Crippen LogP contribution in [-0.2, 0) is 9.67 Å². The van der Waals surface area contributed by atoms with E-state index in [1.54, 1.807) is 14.0 Å². The fourth-order valence-electron chi connectivity index (χ4n) is 1.12. The van der Waals surface area contributed by atoms with Crippen LogP contribution in [0, 0.1) is 0 Å². The molecule has 1 N–H and O–H groups in total. The van der Waals surface area contributed by atoms with E-state index in [0.717, 1.165) is 5.56 Å². The summed E-state index contributed by atoms with van der Waals surface area (Å²) < 4.78 is 0. The van der Waals surface area contributed by atoms with Gasteiger partial charge in [-0.05, 0) is 12.5 Å². The zero-order valence-corrected chi connectivity index (χ0v) is 8.43. The number of hydrogen-bond acceptors (Lipinski definition) is 1. The summed E-state index contributed by atoms with van der Waals surface area (Å²) in [4.78, 5) is 10.4. The van der Waals surface area contributed by atoms with Crippen LogP contribution in [0.4, 0.5) is 0 Å². The molecule has 1 aromatic carbocycles. The monoisotopic (exact) mass is 197 g/mol. The van der Waals surface area contributed by atoms with Gasteiger partial charge in [0.15, 0.2) is 0 Å². The lowest BCUT2D eigenvalue weighted by molar-refractivity contribution is -0.123. The minimum Gasteiger partial charge on any atom is -0.357 e. The Balaban J connectivity index is 3.00. The Hall–Kier alpha value is -1.02. The molecule has 0 saturated carbocycles. The molecular formula is C10H12ClNO. The number of benzene rings is 1. The Morgan fingerprint density at radius 1 is 1.38 bits per heavy atom. The van der Waals surface area contributed by atoms with E-state index in [4.69, 9.17) is 11.6 Å². The summed E-state index contributed by atoms with van der Waals surface area (Å²) in [5.41, 5.74) is 0.802. The first kappa shape index (κ1) is 10.1. The maximum absolute atomic E-state index is 11.4. The predicted molar refractivity (Wildman–Crippen MR) is 53.7 cm³/mol. The van der Waals surface area contributed by atoms with Crippen molar-refractivity contribution in [2.45, 2.75) is 11.8 Å². The Kier molecular flexibility index (Phi) is 2.94. The van der Waals surface area contributed by atoms with Crippen LogP contribution in [0.5, 0.6) is 0 Å². The van der Waals surface area contributed by atoms with Gasteiger partial charge in [-0.15, -0.1) is 11.6 Å². The van der Waals surface area contributed by atoms with Gasteiger partial charge < -0.3 is 5.32 Å². The maximum atomic E-state index is 11.4. The van der Waals surface area contributed by atoms with Gasteiger partial charge in [0.2, 0.25) is 5.91 Å². The first-order chi connectivity index (χ1) is 6.09. The van der Waals surface area contributed by atoms with Crippen LogP contribution in [-0.4, -0.2) is 13.0 Å². The molecule has 1 aromatic rings. The van der Waals surface area contributed by atoms with Gasteiger partial charge in [0.1, 0.15) is 4.87 Å². The lowest BCUT2D eigenvalue weighted by atomic mass is 10.00. The molecule has 0 fully saturated rings. The Morgan fingerprint density at radius 2 is 1.92 bits per heavy atom.